The number of hydrogen-bond acceptors (Lipinski definition) is 7. The number of aromatic nitrogens is 3. The van der Waals surface area contributed by atoms with Crippen molar-refractivity contribution in [1.82, 2.24) is 14.5 Å². The standard InChI is InChI=1S/C20H32N4O4/c1-11-12(2)24(18-14(11)17(21-10-22-18)23-20(3,4)5)19-16(27-8)15(26-7)13(28-19)9-25-6/h10,13,15-16,19H,9H2,1-8H3,(H,21,22,23)/t13-,15+,16?,19-/m1/s1. The van der Waals surface area contributed by atoms with Gasteiger partial charge in [-0.3, -0.25) is 0 Å². The SMILES string of the molecule is COC[C@H]1O[C@@H](n2c(C)c(C)c3c(NC(C)(C)C)ncnc32)C(OC)[C@H]1OC. The van der Waals surface area contributed by atoms with Gasteiger partial charge in [0, 0.05) is 32.6 Å². The number of hydrogen-bond donors (Lipinski definition) is 1. The maximum absolute atomic E-state index is 6.35. The Balaban J connectivity index is 2.13. The van der Waals surface area contributed by atoms with Gasteiger partial charge in [-0.1, -0.05) is 0 Å². The van der Waals surface area contributed by atoms with E-state index in [0.29, 0.717) is 6.61 Å². The zero-order chi connectivity index (χ0) is 20.6. The van der Waals surface area contributed by atoms with E-state index in [1.807, 2.05) is 0 Å². The average molecular weight is 393 g/mol. The first-order chi connectivity index (χ1) is 13.2. The highest BCUT2D eigenvalue weighted by Gasteiger charge is 2.47. The zero-order valence-corrected chi connectivity index (χ0v) is 18.1. The first-order valence-corrected chi connectivity index (χ1v) is 9.53. The Labute approximate surface area is 166 Å². The van der Waals surface area contributed by atoms with Gasteiger partial charge in [0.2, 0.25) is 0 Å². The van der Waals surface area contributed by atoms with Crippen molar-refractivity contribution in [3.8, 4) is 0 Å². The van der Waals surface area contributed by atoms with E-state index in [2.05, 4.69) is 54.5 Å². The summed E-state index contributed by atoms with van der Waals surface area (Å²) in [5.41, 5.74) is 2.88. The molecule has 2 aromatic rings. The van der Waals surface area contributed by atoms with Gasteiger partial charge < -0.3 is 28.8 Å². The Morgan fingerprint density at radius 3 is 2.36 bits per heavy atom. The maximum atomic E-state index is 6.35. The van der Waals surface area contributed by atoms with Crippen molar-refractivity contribution >= 4 is 16.9 Å². The monoisotopic (exact) mass is 392 g/mol. The third kappa shape index (κ3) is 3.61. The lowest BCUT2D eigenvalue weighted by Crippen LogP contribution is -2.37. The van der Waals surface area contributed by atoms with E-state index in [-0.39, 0.29) is 30.1 Å². The molecule has 4 atom stereocenters. The lowest BCUT2D eigenvalue weighted by molar-refractivity contribution is -0.0641. The van der Waals surface area contributed by atoms with Gasteiger partial charge in [0.1, 0.15) is 36.1 Å². The van der Waals surface area contributed by atoms with Crippen LogP contribution in [-0.2, 0) is 18.9 Å². The van der Waals surface area contributed by atoms with E-state index in [9.17, 15) is 0 Å². The first kappa shape index (κ1) is 21.0. The fraction of sp³-hybridized carbons (Fsp3) is 0.700. The van der Waals surface area contributed by atoms with E-state index in [4.69, 9.17) is 18.9 Å². The Bertz CT molecular complexity index is 830. The third-order valence-electron chi connectivity index (χ3n) is 5.24. The molecule has 8 nitrogen and oxygen atoms in total. The van der Waals surface area contributed by atoms with Crippen molar-refractivity contribution in [3.05, 3.63) is 17.6 Å². The molecular weight excluding hydrogens is 360 g/mol. The minimum absolute atomic E-state index is 0.118. The minimum atomic E-state index is -0.372. The largest absolute Gasteiger partial charge is 0.382 e. The molecule has 156 valence electrons. The summed E-state index contributed by atoms with van der Waals surface area (Å²) in [5, 5.41) is 4.49. The van der Waals surface area contributed by atoms with Gasteiger partial charge in [-0.25, -0.2) is 9.97 Å². The van der Waals surface area contributed by atoms with Crippen LogP contribution in [0.4, 0.5) is 5.82 Å². The number of rotatable bonds is 6. The number of nitrogens with one attached hydrogen (secondary N) is 1. The van der Waals surface area contributed by atoms with Gasteiger partial charge in [0.15, 0.2) is 6.23 Å². The van der Waals surface area contributed by atoms with Gasteiger partial charge in [-0.05, 0) is 40.2 Å². The summed E-state index contributed by atoms with van der Waals surface area (Å²) in [6, 6.07) is 0. The third-order valence-corrected chi connectivity index (χ3v) is 5.24. The summed E-state index contributed by atoms with van der Waals surface area (Å²) >= 11 is 0. The molecule has 1 unspecified atom stereocenters. The van der Waals surface area contributed by atoms with Crippen LogP contribution >= 0.6 is 0 Å². The first-order valence-electron chi connectivity index (χ1n) is 9.53. The Kier molecular flexibility index (Phi) is 5.95. The zero-order valence-electron chi connectivity index (χ0n) is 18.1. The molecule has 1 aliphatic heterocycles. The highest BCUT2D eigenvalue weighted by Crippen LogP contribution is 2.39. The highest BCUT2D eigenvalue weighted by atomic mass is 16.6. The summed E-state index contributed by atoms with van der Waals surface area (Å²) in [4.78, 5) is 9.09. The molecule has 0 aliphatic carbocycles. The van der Waals surface area contributed by atoms with Gasteiger partial charge in [-0.15, -0.1) is 0 Å². The normalized spacial score (nSPS) is 25.6. The molecule has 28 heavy (non-hydrogen) atoms. The van der Waals surface area contributed by atoms with Crippen molar-refractivity contribution in [2.75, 3.05) is 33.3 Å². The van der Waals surface area contributed by atoms with E-state index >= 15 is 0 Å². The van der Waals surface area contributed by atoms with Crippen LogP contribution in [0.2, 0.25) is 0 Å². The summed E-state index contributed by atoms with van der Waals surface area (Å²) in [6.07, 6.45) is 0.469. The summed E-state index contributed by atoms with van der Waals surface area (Å²) in [7, 11) is 5.01. The second-order valence-corrected chi connectivity index (χ2v) is 8.30. The smallest absolute Gasteiger partial charge is 0.165 e. The van der Waals surface area contributed by atoms with Crippen LogP contribution in [0.3, 0.4) is 0 Å². The molecule has 1 fully saturated rings. The Morgan fingerprint density at radius 1 is 1.11 bits per heavy atom. The molecular formula is C20H32N4O4. The van der Waals surface area contributed by atoms with Gasteiger partial charge >= 0.3 is 0 Å². The predicted octanol–water partition coefficient (Wildman–Crippen LogP) is 2.83. The van der Waals surface area contributed by atoms with E-state index in [1.54, 1.807) is 27.7 Å². The van der Waals surface area contributed by atoms with Crippen LogP contribution in [0.15, 0.2) is 6.33 Å². The Hall–Kier alpha value is -1.74. The Morgan fingerprint density at radius 2 is 1.79 bits per heavy atom. The summed E-state index contributed by atoms with van der Waals surface area (Å²) in [6.45, 7) is 10.9. The van der Waals surface area contributed by atoms with Crippen LogP contribution in [0.1, 0.15) is 38.3 Å². The molecule has 0 aromatic carbocycles. The quantitative estimate of drug-likeness (QED) is 0.810. The predicted molar refractivity (Wildman–Crippen MR) is 108 cm³/mol. The highest BCUT2D eigenvalue weighted by molar-refractivity contribution is 5.92. The lowest BCUT2D eigenvalue weighted by atomic mass is 10.1. The molecule has 3 heterocycles. The number of aryl methyl sites for hydroxylation is 1. The second kappa shape index (κ2) is 7.94. The molecule has 1 N–H and O–H groups in total. The van der Waals surface area contributed by atoms with Crippen LogP contribution in [0.25, 0.3) is 11.0 Å². The van der Waals surface area contributed by atoms with Crippen LogP contribution in [0.5, 0.6) is 0 Å². The van der Waals surface area contributed by atoms with E-state index < -0.39 is 0 Å². The average Bonchev–Trinajstić information content (AvgIpc) is 3.09. The lowest BCUT2D eigenvalue weighted by Gasteiger charge is -2.24. The fourth-order valence-corrected chi connectivity index (χ4v) is 3.94. The minimum Gasteiger partial charge on any atom is -0.382 e. The molecule has 0 amide bonds. The molecule has 0 saturated carbocycles. The van der Waals surface area contributed by atoms with Crippen LogP contribution in [0, 0.1) is 13.8 Å². The van der Waals surface area contributed by atoms with Crippen molar-refractivity contribution in [2.24, 2.45) is 0 Å². The molecule has 2 aromatic heterocycles. The van der Waals surface area contributed by atoms with Crippen molar-refractivity contribution in [2.45, 2.75) is 64.7 Å². The van der Waals surface area contributed by atoms with Crippen molar-refractivity contribution < 1.29 is 18.9 Å². The topological polar surface area (TPSA) is 79.7 Å². The van der Waals surface area contributed by atoms with Gasteiger partial charge in [0.05, 0.1) is 12.0 Å². The summed E-state index contributed by atoms with van der Waals surface area (Å²) in [5.74, 6) is 0.820. The molecule has 0 radical (unpaired) electrons. The molecule has 0 bridgehead atoms. The van der Waals surface area contributed by atoms with Gasteiger partial charge in [-0.2, -0.15) is 0 Å². The van der Waals surface area contributed by atoms with Crippen molar-refractivity contribution in [1.29, 1.82) is 0 Å². The fourth-order valence-electron chi connectivity index (χ4n) is 3.94. The van der Waals surface area contributed by atoms with E-state index in [0.717, 1.165) is 28.1 Å². The molecule has 1 aliphatic rings. The van der Waals surface area contributed by atoms with Crippen LogP contribution in [-0.4, -0.2) is 66.3 Å². The van der Waals surface area contributed by atoms with E-state index in [1.165, 1.54) is 0 Å². The summed E-state index contributed by atoms with van der Waals surface area (Å²) < 4.78 is 25.3. The van der Waals surface area contributed by atoms with Crippen LogP contribution < -0.4 is 5.32 Å². The van der Waals surface area contributed by atoms with Gasteiger partial charge in [0.25, 0.3) is 0 Å². The molecule has 0 spiro atoms. The maximum Gasteiger partial charge on any atom is 0.165 e. The number of nitrogens with zero attached hydrogens (tertiary/aromatic N) is 3. The number of methoxy groups -OCH3 is 3. The number of anilines is 1. The second-order valence-electron chi connectivity index (χ2n) is 8.30. The molecule has 3 rings (SSSR count). The molecule has 1 saturated heterocycles. The van der Waals surface area contributed by atoms with Crippen molar-refractivity contribution in [3.63, 3.8) is 0 Å². The number of ether oxygens (including phenoxy) is 4. The number of fused-ring (bicyclic) bond motifs is 1. The molecule has 8 heteroatoms.